The average Bonchev–Trinajstić information content (AvgIpc) is 3.18. The molecule has 1 aromatic heterocycles. The summed E-state index contributed by atoms with van der Waals surface area (Å²) in [5, 5.41) is 10.00. The fourth-order valence-electron chi connectivity index (χ4n) is 3.85. The van der Waals surface area contributed by atoms with Crippen molar-refractivity contribution in [3.8, 4) is 11.4 Å². The van der Waals surface area contributed by atoms with Gasteiger partial charge < -0.3 is 19.3 Å². The number of imidazole rings is 1. The summed E-state index contributed by atoms with van der Waals surface area (Å²) < 4.78 is 34.6. The summed E-state index contributed by atoms with van der Waals surface area (Å²) in [6, 6.07) is 7.52. The van der Waals surface area contributed by atoms with Gasteiger partial charge in [-0.1, -0.05) is 6.08 Å². The number of aromatic nitrogens is 2. The zero-order valence-corrected chi connectivity index (χ0v) is 17.7. The molecule has 0 unspecified atom stereocenters. The lowest BCUT2D eigenvalue weighted by molar-refractivity contribution is 0.0357. The summed E-state index contributed by atoms with van der Waals surface area (Å²) in [6.45, 7) is 3.72. The molecule has 166 valence electrons. The van der Waals surface area contributed by atoms with Crippen molar-refractivity contribution in [2.45, 2.75) is 26.0 Å². The summed E-state index contributed by atoms with van der Waals surface area (Å²) in [5.41, 5.74) is 3.16. The Morgan fingerprint density at radius 3 is 2.56 bits per heavy atom. The second-order valence-corrected chi connectivity index (χ2v) is 7.75. The van der Waals surface area contributed by atoms with E-state index in [2.05, 4.69) is 4.98 Å². The smallest absolute Gasteiger partial charge is 0.254 e. The predicted molar refractivity (Wildman–Crippen MR) is 115 cm³/mol. The maximum atomic E-state index is 13.5. The molecule has 4 rings (SSSR count). The molecule has 6 nitrogen and oxygen atoms in total. The fraction of sp³-hybridized carbons (Fsp3) is 0.250. The topological polar surface area (TPSA) is 67.6 Å². The first-order chi connectivity index (χ1) is 15.4. The van der Waals surface area contributed by atoms with Crippen molar-refractivity contribution in [2.75, 3.05) is 13.2 Å². The molecule has 8 heteroatoms. The zero-order valence-electron chi connectivity index (χ0n) is 17.7. The highest BCUT2D eigenvalue weighted by Gasteiger charge is 2.33. The van der Waals surface area contributed by atoms with Crippen LogP contribution >= 0.6 is 0 Å². The van der Waals surface area contributed by atoms with Crippen LogP contribution in [0.25, 0.3) is 5.69 Å². The number of hydrogen-bond donors (Lipinski definition) is 1. The van der Waals surface area contributed by atoms with E-state index in [-0.39, 0.29) is 24.8 Å². The number of rotatable bonds is 5. The molecule has 3 aromatic rings. The lowest BCUT2D eigenvalue weighted by Gasteiger charge is -2.37. The molecule has 0 aliphatic carbocycles. The number of halogens is 2. The van der Waals surface area contributed by atoms with E-state index in [1.807, 2.05) is 30.7 Å². The van der Waals surface area contributed by atoms with Gasteiger partial charge in [-0.2, -0.15) is 0 Å². The van der Waals surface area contributed by atoms with Gasteiger partial charge in [-0.3, -0.25) is 4.79 Å². The fourth-order valence-corrected chi connectivity index (χ4v) is 3.85. The standard InChI is InChI=1S/C24H23F2N3O3/c1-15-8-17(5-6-21(15)28-12-16(2)27-14-28)24(31)29-7-3-4-23(22(29)13-30)32-20-10-18(25)9-19(26)11-20/h3-6,8-12,14,22-23,30H,7,13H2,1-2H3/t22-,23-/m0/s1. The summed E-state index contributed by atoms with van der Waals surface area (Å²) in [5.74, 6) is -1.82. The number of carbonyl (C=O) groups excluding carboxylic acids is 1. The molecule has 0 saturated heterocycles. The number of aryl methyl sites for hydroxylation is 2. The van der Waals surface area contributed by atoms with Crippen LogP contribution < -0.4 is 4.74 Å². The highest BCUT2D eigenvalue weighted by Crippen LogP contribution is 2.24. The number of amides is 1. The molecule has 2 heterocycles. The summed E-state index contributed by atoms with van der Waals surface area (Å²) in [4.78, 5) is 19.0. The number of aliphatic hydroxyl groups is 1. The number of aliphatic hydroxyl groups excluding tert-OH is 1. The van der Waals surface area contributed by atoms with Gasteiger partial charge in [0.05, 0.1) is 24.7 Å². The first kappa shape index (κ1) is 21.7. The van der Waals surface area contributed by atoms with Gasteiger partial charge in [-0.25, -0.2) is 13.8 Å². The van der Waals surface area contributed by atoms with E-state index in [9.17, 15) is 18.7 Å². The summed E-state index contributed by atoms with van der Waals surface area (Å²) in [6.07, 6.45) is 6.28. The zero-order chi connectivity index (χ0) is 22.8. The van der Waals surface area contributed by atoms with Crippen molar-refractivity contribution >= 4 is 5.91 Å². The van der Waals surface area contributed by atoms with E-state index >= 15 is 0 Å². The molecule has 0 radical (unpaired) electrons. The van der Waals surface area contributed by atoms with Crippen LogP contribution in [0.3, 0.4) is 0 Å². The molecule has 2 atom stereocenters. The minimum absolute atomic E-state index is 0.0132. The van der Waals surface area contributed by atoms with E-state index in [0.717, 1.165) is 35.1 Å². The monoisotopic (exact) mass is 439 g/mol. The van der Waals surface area contributed by atoms with Crippen molar-refractivity contribution in [2.24, 2.45) is 0 Å². The predicted octanol–water partition coefficient (Wildman–Crippen LogP) is 3.59. The van der Waals surface area contributed by atoms with E-state index in [1.165, 1.54) is 4.90 Å². The van der Waals surface area contributed by atoms with Crippen LogP contribution in [0.4, 0.5) is 8.78 Å². The Bertz CT molecular complexity index is 1150. The van der Waals surface area contributed by atoms with Gasteiger partial charge in [0.2, 0.25) is 0 Å². The Kier molecular flexibility index (Phi) is 6.05. The number of carbonyl (C=O) groups is 1. The molecule has 0 saturated carbocycles. The van der Waals surface area contributed by atoms with Crippen molar-refractivity contribution in [1.82, 2.24) is 14.5 Å². The third-order valence-corrected chi connectivity index (χ3v) is 5.40. The van der Waals surface area contributed by atoms with Crippen molar-refractivity contribution < 1.29 is 23.4 Å². The number of hydrogen-bond acceptors (Lipinski definition) is 4. The van der Waals surface area contributed by atoms with Gasteiger partial charge in [0.15, 0.2) is 0 Å². The summed E-state index contributed by atoms with van der Waals surface area (Å²) >= 11 is 0. The second kappa shape index (κ2) is 8.92. The van der Waals surface area contributed by atoms with Gasteiger partial charge in [-0.15, -0.1) is 0 Å². The molecule has 1 aliphatic rings. The lowest BCUT2D eigenvalue weighted by atomic mass is 10.0. The van der Waals surface area contributed by atoms with E-state index in [4.69, 9.17) is 4.74 Å². The van der Waals surface area contributed by atoms with Crippen LogP contribution in [0.5, 0.6) is 5.75 Å². The molecule has 0 spiro atoms. The summed E-state index contributed by atoms with van der Waals surface area (Å²) in [7, 11) is 0. The molecule has 32 heavy (non-hydrogen) atoms. The highest BCUT2D eigenvalue weighted by molar-refractivity contribution is 5.95. The van der Waals surface area contributed by atoms with Crippen LogP contribution in [-0.4, -0.2) is 50.8 Å². The largest absolute Gasteiger partial charge is 0.484 e. The number of nitrogens with zero attached hydrogens (tertiary/aromatic N) is 3. The van der Waals surface area contributed by atoms with Crippen LogP contribution in [0.1, 0.15) is 21.6 Å². The average molecular weight is 439 g/mol. The molecular formula is C24H23F2N3O3. The molecular weight excluding hydrogens is 416 g/mol. The van der Waals surface area contributed by atoms with E-state index < -0.39 is 23.8 Å². The first-order valence-electron chi connectivity index (χ1n) is 10.2. The SMILES string of the molecule is Cc1cn(-c2ccc(C(=O)N3CC=C[C@H](Oc4cc(F)cc(F)c4)[C@@H]3CO)cc2C)cn1. The minimum Gasteiger partial charge on any atom is -0.484 e. The molecule has 0 fully saturated rings. The molecule has 1 N–H and O–H groups in total. The van der Waals surface area contributed by atoms with Gasteiger partial charge in [0, 0.05) is 42.2 Å². The normalized spacial score (nSPS) is 18.1. The molecule has 1 amide bonds. The van der Waals surface area contributed by atoms with Crippen molar-refractivity contribution in [3.05, 3.63) is 89.5 Å². The third-order valence-electron chi connectivity index (χ3n) is 5.40. The van der Waals surface area contributed by atoms with Gasteiger partial charge >= 0.3 is 0 Å². The van der Waals surface area contributed by atoms with Crippen LogP contribution in [0.15, 0.2) is 61.1 Å². The first-order valence-corrected chi connectivity index (χ1v) is 10.2. The third kappa shape index (κ3) is 4.40. The van der Waals surface area contributed by atoms with E-state index in [1.54, 1.807) is 30.6 Å². The van der Waals surface area contributed by atoms with Gasteiger partial charge in [0.1, 0.15) is 23.5 Å². The van der Waals surface area contributed by atoms with Crippen molar-refractivity contribution in [3.63, 3.8) is 0 Å². The molecule has 2 aromatic carbocycles. The van der Waals surface area contributed by atoms with Gasteiger partial charge in [-0.05, 0) is 43.7 Å². The number of benzene rings is 2. The molecule has 0 bridgehead atoms. The quantitative estimate of drug-likeness (QED) is 0.617. The van der Waals surface area contributed by atoms with E-state index in [0.29, 0.717) is 5.56 Å². The lowest BCUT2D eigenvalue weighted by Crippen LogP contribution is -2.52. The van der Waals surface area contributed by atoms with Crippen molar-refractivity contribution in [1.29, 1.82) is 0 Å². The number of ether oxygens (including phenoxy) is 1. The Hall–Kier alpha value is -3.52. The van der Waals surface area contributed by atoms with Crippen LogP contribution in [0, 0.1) is 25.5 Å². The molecule has 1 aliphatic heterocycles. The van der Waals surface area contributed by atoms with Crippen LogP contribution in [-0.2, 0) is 0 Å². The maximum Gasteiger partial charge on any atom is 0.254 e. The maximum absolute atomic E-state index is 13.5. The second-order valence-electron chi connectivity index (χ2n) is 7.75. The Balaban J connectivity index is 1.56. The Morgan fingerprint density at radius 2 is 1.94 bits per heavy atom. The highest BCUT2D eigenvalue weighted by atomic mass is 19.1. The minimum atomic E-state index is -0.767. The van der Waals surface area contributed by atoms with Gasteiger partial charge in [0.25, 0.3) is 5.91 Å². The van der Waals surface area contributed by atoms with Crippen LogP contribution in [0.2, 0.25) is 0 Å². The Labute approximate surface area is 184 Å². The Morgan fingerprint density at radius 1 is 1.19 bits per heavy atom.